The Hall–Kier alpha value is -0.930. The minimum atomic E-state index is -0.182. The lowest BCUT2D eigenvalue weighted by molar-refractivity contribution is 0.169. The third kappa shape index (κ3) is 4.59. The van der Waals surface area contributed by atoms with Gasteiger partial charge in [-0.05, 0) is 50.0 Å². The number of benzene rings is 1. The van der Waals surface area contributed by atoms with Crippen molar-refractivity contribution in [2.24, 2.45) is 5.73 Å². The smallest absolute Gasteiger partial charge is 0.123 e. The number of hydrogen-bond donors (Lipinski definition) is 1. The molecule has 108 valence electrons. The quantitative estimate of drug-likeness (QED) is 0.777. The van der Waals surface area contributed by atoms with Crippen LogP contribution in [0, 0.1) is 5.82 Å². The molecule has 0 aliphatic carbocycles. The van der Waals surface area contributed by atoms with Crippen molar-refractivity contribution >= 4 is 0 Å². The van der Waals surface area contributed by atoms with E-state index < -0.39 is 0 Å². The van der Waals surface area contributed by atoms with E-state index >= 15 is 0 Å². The minimum absolute atomic E-state index is 0.0416. The topological polar surface area (TPSA) is 29.3 Å². The summed E-state index contributed by atoms with van der Waals surface area (Å²) in [5, 5.41) is 0. The summed E-state index contributed by atoms with van der Waals surface area (Å²) in [6, 6.07) is 7.03. The molecule has 0 bridgehead atoms. The molecule has 3 heteroatoms. The molecule has 1 aromatic carbocycles. The van der Waals surface area contributed by atoms with Crippen LogP contribution in [0.3, 0.4) is 0 Å². The highest BCUT2D eigenvalue weighted by atomic mass is 19.1. The van der Waals surface area contributed by atoms with Gasteiger partial charge in [0, 0.05) is 12.1 Å². The van der Waals surface area contributed by atoms with Gasteiger partial charge in [0.25, 0.3) is 0 Å². The van der Waals surface area contributed by atoms with E-state index in [2.05, 4.69) is 25.7 Å². The number of hydrogen-bond acceptors (Lipinski definition) is 2. The van der Waals surface area contributed by atoms with Gasteiger partial charge >= 0.3 is 0 Å². The Balaban J connectivity index is 3.04. The molecule has 19 heavy (non-hydrogen) atoms. The van der Waals surface area contributed by atoms with Crippen LogP contribution in [0.1, 0.15) is 51.6 Å². The third-order valence-corrected chi connectivity index (χ3v) is 3.48. The number of rotatable bonds is 8. The van der Waals surface area contributed by atoms with Crippen LogP contribution in [-0.4, -0.2) is 24.0 Å². The molecule has 2 atom stereocenters. The highest BCUT2D eigenvalue weighted by Gasteiger charge is 2.24. The second-order valence-electron chi connectivity index (χ2n) is 5.11. The summed E-state index contributed by atoms with van der Waals surface area (Å²) < 4.78 is 13.5. The predicted molar refractivity (Wildman–Crippen MR) is 79.6 cm³/mol. The van der Waals surface area contributed by atoms with Gasteiger partial charge < -0.3 is 5.73 Å². The molecule has 2 unspecified atom stereocenters. The van der Waals surface area contributed by atoms with Crippen LogP contribution in [0.5, 0.6) is 0 Å². The number of halogens is 1. The van der Waals surface area contributed by atoms with Crippen LogP contribution in [0.4, 0.5) is 4.39 Å². The molecule has 0 spiro atoms. The lowest BCUT2D eigenvalue weighted by atomic mass is 9.95. The maximum Gasteiger partial charge on any atom is 0.123 e. The van der Waals surface area contributed by atoms with Crippen molar-refractivity contribution < 1.29 is 4.39 Å². The Morgan fingerprint density at radius 3 is 2.26 bits per heavy atom. The third-order valence-electron chi connectivity index (χ3n) is 3.48. The molecule has 0 aromatic heterocycles. The van der Waals surface area contributed by atoms with E-state index in [4.69, 9.17) is 5.73 Å². The fourth-order valence-electron chi connectivity index (χ4n) is 2.61. The SMILES string of the molecule is CCCN(CCC)C(c1cccc(F)c1)C(N)CC. The average molecular weight is 266 g/mol. The van der Waals surface area contributed by atoms with Gasteiger partial charge in [-0.25, -0.2) is 4.39 Å². The van der Waals surface area contributed by atoms with Crippen LogP contribution in [-0.2, 0) is 0 Å². The first kappa shape index (κ1) is 16.1. The van der Waals surface area contributed by atoms with Crippen molar-refractivity contribution in [2.45, 2.75) is 52.1 Å². The highest BCUT2D eigenvalue weighted by Crippen LogP contribution is 2.26. The van der Waals surface area contributed by atoms with Gasteiger partial charge in [0.1, 0.15) is 5.82 Å². The molecular weight excluding hydrogens is 239 g/mol. The molecule has 0 aliphatic rings. The number of nitrogens with zero attached hydrogens (tertiary/aromatic N) is 1. The van der Waals surface area contributed by atoms with E-state index in [-0.39, 0.29) is 17.9 Å². The molecule has 0 saturated heterocycles. The van der Waals surface area contributed by atoms with Gasteiger partial charge in [-0.2, -0.15) is 0 Å². The standard InChI is InChI=1S/C16H27FN2/c1-4-10-19(11-5-2)16(15(18)6-3)13-8-7-9-14(17)12-13/h7-9,12,15-16H,4-6,10-11,18H2,1-3H3. The van der Waals surface area contributed by atoms with Crippen molar-refractivity contribution in [1.29, 1.82) is 0 Å². The normalized spacial score (nSPS) is 14.6. The Kier molecular flexibility index (Phi) is 7.03. The van der Waals surface area contributed by atoms with Gasteiger partial charge in [0.15, 0.2) is 0 Å². The maximum absolute atomic E-state index is 13.5. The Morgan fingerprint density at radius 2 is 1.79 bits per heavy atom. The van der Waals surface area contributed by atoms with Crippen molar-refractivity contribution in [3.05, 3.63) is 35.6 Å². The molecule has 0 fully saturated rings. The maximum atomic E-state index is 13.5. The summed E-state index contributed by atoms with van der Waals surface area (Å²) in [5.74, 6) is -0.182. The Bertz CT molecular complexity index is 362. The lowest BCUT2D eigenvalue weighted by Gasteiger charge is -2.35. The lowest BCUT2D eigenvalue weighted by Crippen LogP contribution is -2.41. The van der Waals surface area contributed by atoms with Crippen LogP contribution >= 0.6 is 0 Å². The molecule has 0 aliphatic heterocycles. The summed E-state index contributed by atoms with van der Waals surface area (Å²) in [6.45, 7) is 8.43. The molecule has 0 amide bonds. The minimum Gasteiger partial charge on any atom is -0.326 e. The van der Waals surface area contributed by atoms with E-state index in [1.54, 1.807) is 12.1 Å². The zero-order valence-electron chi connectivity index (χ0n) is 12.4. The van der Waals surface area contributed by atoms with Crippen molar-refractivity contribution in [2.75, 3.05) is 13.1 Å². The van der Waals surface area contributed by atoms with Gasteiger partial charge in [0.2, 0.25) is 0 Å². The zero-order chi connectivity index (χ0) is 14.3. The van der Waals surface area contributed by atoms with Crippen molar-refractivity contribution in [3.63, 3.8) is 0 Å². The predicted octanol–water partition coefficient (Wildman–Crippen LogP) is 3.73. The number of nitrogens with two attached hydrogens (primary N) is 1. The van der Waals surface area contributed by atoms with E-state index in [1.165, 1.54) is 6.07 Å². The molecule has 0 heterocycles. The summed E-state index contributed by atoms with van der Waals surface area (Å²) in [4.78, 5) is 2.39. The molecule has 1 rings (SSSR count). The fraction of sp³-hybridized carbons (Fsp3) is 0.625. The van der Waals surface area contributed by atoms with Gasteiger partial charge in [0.05, 0.1) is 0 Å². The van der Waals surface area contributed by atoms with Crippen molar-refractivity contribution in [1.82, 2.24) is 4.90 Å². The molecule has 0 saturated carbocycles. The molecule has 0 radical (unpaired) electrons. The molecule has 2 N–H and O–H groups in total. The largest absolute Gasteiger partial charge is 0.326 e. The van der Waals surface area contributed by atoms with Gasteiger partial charge in [-0.3, -0.25) is 4.90 Å². The van der Waals surface area contributed by atoms with Crippen LogP contribution in [0.15, 0.2) is 24.3 Å². The van der Waals surface area contributed by atoms with E-state index in [0.717, 1.165) is 37.9 Å². The molecular formula is C16H27FN2. The molecule has 1 aromatic rings. The summed E-state index contributed by atoms with van der Waals surface area (Å²) >= 11 is 0. The molecule has 2 nitrogen and oxygen atoms in total. The van der Waals surface area contributed by atoms with Gasteiger partial charge in [-0.15, -0.1) is 0 Å². The van der Waals surface area contributed by atoms with E-state index in [1.807, 2.05) is 6.07 Å². The Labute approximate surface area is 116 Å². The van der Waals surface area contributed by atoms with Crippen LogP contribution in [0.2, 0.25) is 0 Å². The zero-order valence-corrected chi connectivity index (χ0v) is 12.4. The average Bonchev–Trinajstić information content (AvgIpc) is 2.39. The van der Waals surface area contributed by atoms with Crippen molar-refractivity contribution in [3.8, 4) is 0 Å². The summed E-state index contributed by atoms with van der Waals surface area (Å²) in [6.07, 6.45) is 3.07. The van der Waals surface area contributed by atoms with Gasteiger partial charge in [-0.1, -0.05) is 32.9 Å². The van der Waals surface area contributed by atoms with Crippen LogP contribution in [0.25, 0.3) is 0 Å². The second-order valence-corrected chi connectivity index (χ2v) is 5.11. The summed E-state index contributed by atoms with van der Waals surface area (Å²) in [5.41, 5.74) is 7.29. The fourth-order valence-corrected chi connectivity index (χ4v) is 2.61. The second kappa shape index (κ2) is 8.28. The first-order chi connectivity index (χ1) is 9.13. The van der Waals surface area contributed by atoms with E-state index in [9.17, 15) is 4.39 Å². The first-order valence-electron chi connectivity index (χ1n) is 7.39. The Morgan fingerprint density at radius 1 is 1.16 bits per heavy atom. The van der Waals surface area contributed by atoms with E-state index in [0.29, 0.717) is 0 Å². The monoisotopic (exact) mass is 266 g/mol. The highest BCUT2D eigenvalue weighted by molar-refractivity contribution is 5.22. The summed E-state index contributed by atoms with van der Waals surface area (Å²) in [7, 11) is 0. The first-order valence-corrected chi connectivity index (χ1v) is 7.39. The van der Waals surface area contributed by atoms with Crippen LogP contribution < -0.4 is 5.73 Å².